The molecule has 5 heteroatoms. The van der Waals surface area contributed by atoms with Crippen molar-refractivity contribution in [3.05, 3.63) is 35.4 Å². The summed E-state index contributed by atoms with van der Waals surface area (Å²) in [4.78, 5) is 23.1. The van der Waals surface area contributed by atoms with E-state index in [0.717, 1.165) is 11.3 Å². The number of carbonyl (C=O) groups excluding carboxylic acids is 1. The van der Waals surface area contributed by atoms with Crippen LogP contribution in [-0.2, 0) is 15.3 Å². The molecule has 0 fully saturated rings. The summed E-state index contributed by atoms with van der Waals surface area (Å²) in [7, 11) is 0. The Morgan fingerprint density at radius 3 is 2.43 bits per heavy atom. The predicted octanol–water partition coefficient (Wildman–Crippen LogP) is 2.99. The minimum atomic E-state index is -1.17. The smallest absolute Gasteiger partial charge is 0.329 e. The van der Waals surface area contributed by atoms with Crippen molar-refractivity contribution in [2.45, 2.75) is 44.9 Å². The molecule has 0 aliphatic rings. The largest absolute Gasteiger partial charge is 0.480 e. The first-order chi connectivity index (χ1) is 9.87. The zero-order valence-corrected chi connectivity index (χ0v) is 13.6. The molecule has 1 atom stereocenters. The van der Waals surface area contributed by atoms with Gasteiger partial charge in [-0.3, -0.25) is 4.79 Å². The van der Waals surface area contributed by atoms with Crippen LogP contribution in [0.4, 0.5) is 0 Å². The van der Waals surface area contributed by atoms with Crippen LogP contribution in [-0.4, -0.2) is 28.3 Å². The molecule has 0 saturated carbocycles. The van der Waals surface area contributed by atoms with Gasteiger partial charge in [-0.1, -0.05) is 43.2 Å². The van der Waals surface area contributed by atoms with Crippen LogP contribution in [0.5, 0.6) is 0 Å². The molecule has 0 heterocycles. The quantitative estimate of drug-likeness (QED) is 0.775. The van der Waals surface area contributed by atoms with Crippen LogP contribution < -0.4 is 5.32 Å². The van der Waals surface area contributed by atoms with Crippen LogP contribution in [0.3, 0.4) is 0 Å². The van der Waals surface area contributed by atoms with Gasteiger partial charge in [-0.2, -0.15) is 0 Å². The molecule has 0 aromatic heterocycles. The first-order valence-electron chi connectivity index (χ1n) is 7.05. The summed E-state index contributed by atoms with van der Waals surface area (Å²) in [6, 6.07) is 8.16. The number of benzene rings is 1. The third-order valence-electron chi connectivity index (χ3n) is 3.26. The molecule has 1 rings (SSSR count). The maximum Gasteiger partial charge on any atom is 0.329 e. The lowest BCUT2D eigenvalue weighted by molar-refractivity contribution is -0.146. The number of amides is 1. The number of aliphatic carboxylic acids is 1. The average Bonchev–Trinajstić information content (AvgIpc) is 2.41. The molecule has 21 heavy (non-hydrogen) atoms. The highest BCUT2D eigenvalue weighted by Crippen LogP contribution is 2.15. The standard InChI is InChI=1S/C16H23NO3S/c1-4-9-16(3,15(19)20)17-14(18)11-21-10-13-7-5-12(2)6-8-13/h5-8H,4,9-11H2,1-3H3,(H,17,18)(H,19,20). The Labute approximate surface area is 130 Å². The van der Waals surface area contributed by atoms with E-state index in [2.05, 4.69) is 5.32 Å². The molecule has 1 unspecified atom stereocenters. The van der Waals surface area contributed by atoms with E-state index in [1.165, 1.54) is 17.3 Å². The lowest BCUT2D eigenvalue weighted by atomic mass is 9.96. The van der Waals surface area contributed by atoms with Gasteiger partial charge < -0.3 is 10.4 Å². The molecule has 0 radical (unpaired) electrons. The van der Waals surface area contributed by atoms with Crippen LogP contribution in [0.1, 0.15) is 37.8 Å². The molecule has 116 valence electrons. The summed E-state index contributed by atoms with van der Waals surface area (Å²) in [6.45, 7) is 5.49. The van der Waals surface area contributed by atoms with E-state index in [9.17, 15) is 14.7 Å². The fourth-order valence-electron chi connectivity index (χ4n) is 2.01. The molecule has 1 aromatic rings. The van der Waals surface area contributed by atoms with Crippen LogP contribution in [0.15, 0.2) is 24.3 Å². The number of aryl methyl sites for hydroxylation is 1. The van der Waals surface area contributed by atoms with Gasteiger partial charge in [-0.15, -0.1) is 11.8 Å². The van der Waals surface area contributed by atoms with Gasteiger partial charge in [0.05, 0.1) is 5.75 Å². The second-order valence-corrected chi connectivity index (χ2v) is 6.40. The van der Waals surface area contributed by atoms with Crippen molar-refractivity contribution >= 4 is 23.6 Å². The molecule has 2 N–H and O–H groups in total. The minimum absolute atomic E-state index is 0.231. The third kappa shape index (κ3) is 5.79. The van der Waals surface area contributed by atoms with Gasteiger partial charge >= 0.3 is 5.97 Å². The third-order valence-corrected chi connectivity index (χ3v) is 4.26. The zero-order chi connectivity index (χ0) is 15.9. The second kappa shape index (κ2) is 8.08. The Bertz CT molecular complexity index is 487. The van der Waals surface area contributed by atoms with Crippen molar-refractivity contribution in [2.24, 2.45) is 0 Å². The summed E-state index contributed by atoms with van der Waals surface area (Å²) in [5.41, 5.74) is 1.20. The maximum absolute atomic E-state index is 11.9. The number of thioether (sulfide) groups is 1. The molecule has 1 aromatic carbocycles. The summed E-state index contributed by atoms with van der Waals surface area (Å²) >= 11 is 1.49. The highest BCUT2D eigenvalue weighted by molar-refractivity contribution is 7.99. The number of carboxylic acids is 1. The molecule has 1 amide bonds. The molecule has 0 bridgehead atoms. The van der Waals surface area contributed by atoms with Crippen molar-refractivity contribution in [1.29, 1.82) is 0 Å². The fourth-order valence-corrected chi connectivity index (χ4v) is 2.80. The SMILES string of the molecule is CCCC(C)(NC(=O)CSCc1ccc(C)cc1)C(=O)O. The van der Waals surface area contributed by atoms with Gasteiger partial charge in [0.15, 0.2) is 0 Å². The first-order valence-corrected chi connectivity index (χ1v) is 8.20. The van der Waals surface area contributed by atoms with Crippen molar-refractivity contribution in [3.8, 4) is 0 Å². The lowest BCUT2D eigenvalue weighted by Crippen LogP contribution is -2.52. The van der Waals surface area contributed by atoms with Gasteiger partial charge in [0.2, 0.25) is 5.91 Å². The number of hydrogen-bond donors (Lipinski definition) is 2. The number of carboxylic acid groups (broad SMARTS) is 1. The number of hydrogen-bond acceptors (Lipinski definition) is 3. The Balaban J connectivity index is 2.43. The molecule has 0 spiro atoms. The van der Waals surface area contributed by atoms with E-state index in [1.54, 1.807) is 6.92 Å². The Morgan fingerprint density at radius 2 is 1.90 bits per heavy atom. The monoisotopic (exact) mass is 309 g/mol. The van der Waals surface area contributed by atoms with E-state index in [4.69, 9.17) is 0 Å². The van der Waals surface area contributed by atoms with Gasteiger partial charge in [0.1, 0.15) is 5.54 Å². The van der Waals surface area contributed by atoms with Gasteiger partial charge in [-0.25, -0.2) is 4.79 Å². The number of nitrogens with one attached hydrogen (secondary N) is 1. The zero-order valence-electron chi connectivity index (χ0n) is 12.8. The number of carbonyl (C=O) groups is 2. The van der Waals surface area contributed by atoms with Gasteiger partial charge in [-0.05, 0) is 25.8 Å². The number of rotatable bonds is 8. The highest BCUT2D eigenvalue weighted by Gasteiger charge is 2.33. The van der Waals surface area contributed by atoms with E-state index >= 15 is 0 Å². The molecular formula is C16H23NO3S. The summed E-state index contributed by atoms with van der Waals surface area (Å²) in [5.74, 6) is -0.210. The summed E-state index contributed by atoms with van der Waals surface area (Å²) < 4.78 is 0. The second-order valence-electron chi connectivity index (χ2n) is 5.41. The topological polar surface area (TPSA) is 66.4 Å². The first kappa shape index (κ1) is 17.6. The average molecular weight is 309 g/mol. The van der Waals surface area contributed by atoms with E-state index in [1.807, 2.05) is 38.1 Å². The summed E-state index contributed by atoms with van der Waals surface area (Å²) in [5, 5.41) is 11.9. The lowest BCUT2D eigenvalue weighted by Gasteiger charge is -2.25. The van der Waals surface area contributed by atoms with E-state index in [0.29, 0.717) is 12.8 Å². The molecule has 4 nitrogen and oxygen atoms in total. The van der Waals surface area contributed by atoms with Crippen LogP contribution in [0.2, 0.25) is 0 Å². The molecule has 0 saturated heterocycles. The Hall–Kier alpha value is -1.49. The predicted molar refractivity (Wildman–Crippen MR) is 86.4 cm³/mol. The van der Waals surface area contributed by atoms with Crippen molar-refractivity contribution in [2.75, 3.05) is 5.75 Å². The van der Waals surface area contributed by atoms with E-state index in [-0.39, 0.29) is 11.7 Å². The van der Waals surface area contributed by atoms with E-state index < -0.39 is 11.5 Å². The van der Waals surface area contributed by atoms with Crippen LogP contribution in [0.25, 0.3) is 0 Å². The Kier molecular flexibility index (Phi) is 6.75. The summed E-state index contributed by atoms with van der Waals surface area (Å²) in [6.07, 6.45) is 1.14. The Morgan fingerprint density at radius 1 is 1.29 bits per heavy atom. The molecule has 0 aliphatic carbocycles. The van der Waals surface area contributed by atoms with Gasteiger partial charge in [0.25, 0.3) is 0 Å². The maximum atomic E-state index is 11.9. The van der Waals surface area contributed by atoms with Crippen molar-refractivity contribution in [3.63, 3.8) is 0 Å². The normalized spacial score (nSPS) is 13.5. The van der Waals surface area contributed by atoms with Crippen LogP contribution in [0, 0.1) is 6.92 Å². The molecule has 0 aliphatic heterocycles. The minimum Gasteiger partial charge on any atom is -0.480 e. The fraction of sp³-hybridized carbons (Fsp3) is 0.500. The van der Waals surface area contributed by atoms with Crippen molar-refractivity contribution < 1.29 is 14.7 Å². The van der Waals surface area contributed by atoms with Crippen molar-refractivity contribution in [1.82, 2.24) is 5.32 Å². The molecular weight excluding hydrogens is 286 g/mol. The van der Waals surface area contributed by atoms with Crippen LogP contribution >= 0.6 is 11.8 Å². The highest BCUT2D eigenvalue weighted by atomic mass is 32.2. The van der Waals surface area contributed by atoms with Gasteiger partial charge in [0, 0.05) is 5.75 Å².